The molecule has 0 aliphatic carbocycles. The third-order valence-corrected chi connectivity index (χ3v) is 4.15. The van der Waals surface area contributed by atoms with Crippen LogP contribution in [0.2, 0.25) is 0 Å². The molecule has 1 heterocycles. The molecule has 0 bridgehead atoms. The van der Waals surface area contributed by atoms with E-state index in [0.29, 0.717) is 22.7 Å². The van der Waals surface area contributed by atoms with Crippen molar-refractivity contribution >= 4 is 11.5 Å². The van der Waals surface area contributed by atoms with Crippen molar-refractivity contribution in [2.24, 2.45) is 0 Å². The van der Waals surface area contributed by atoms with E-state index in [-0.39, 0.29) is 18.2 Å². The Kier molecular flexibility index (Phi) is 6.42. The molecule has 0 amide bonds. The fourth-order valence-corrected chi connectivity index (χ4v) is 2.73. The van der Waals surface area contributed by atoms with Gasteiger partial charge in [-0.3, -0.25) is 0 Å². The van der Waals surface area contributed by atoms with Crippen LogP contribution in [0.15, 0.2) is 66.9 Å². The van der Waals surface area contributed by atoms with Crippen molar-refractivity contribution in [2.45, 2.75) is 6.61 Å². The number of nitrogens with zero attached hydrogens (tertiary/aromatic N) is 2. The van der Waals surface area contributed by atoms with Crippen LogP contribution in [0, 0.1) is 0 Å². The molecule has 0 aliphatic rings. The van der Waals surface area contributed by atoms with Gasteiger partial charge in [-0.25, -0.2) is 4.79 Å². The van der Waals surface area contributed by atoms with E-state index in [2.05, 4.69) is 9.97 Å². The molecule has 0 atom stereocenters. The van der Waals surface area contributed by atoms with E-state index < -0.39 is 5.97 Å². The van der Waals surface area contributed by atoms with Gasteiger partial charge in [0.2, 0.25) is 5.88 Å². The Morgan fingerprint density at radius 3 is 2.45 bits per heavy atom. The normalized spacial score (nSPS) is 11.0. The average Bonchev–Trinajstić information content (AvgIpc) is 2.79. The van der Waals surface area contributed by atoms with Crippen molar-refractivity contribution in [2.75, 3.05) is 14.2 Å². The Hall–Kier alpha value is -3.87. The minimum atomic E-state index is -0.644. The van der Waals surface area contributed by atoms with E-state index in [1.807, 2.05) is 36.4 Å². The first-order valence-corrected chi connectivity index (χ1v) is 8.78. The highest BCUT2D eigenvalue weighted by molar-refractivity contribution is 6.16. The molecule has 0 radical (unpaired) electrons. The minimum absolute atomic E-state index is 0.0388. The number of ether oxygens (including phenoxy) is 3. The number of hydrogen-bond acceptors (Lipinski definition) is 7. The zero-order valence-corrected chi connectivity index (χ0v) is 16.0. The summed E-state index contributed by atoms with van der Waals surface area (Å²) in [5.74, 6) is -0.326. The molecule has 29 heavy (non-hydrogen) atoms. The van der Waals surface area contributed by atoms with Gasteiger partial charge < -0.3 is 19.3 Å². The van der Waals surface area contributed by atoms with E-state index in [4.69, 9.17) is 14.2 Å². The van der Waals surface area contributed by atoms with Crippen LogP contribution in [-0.4, -0.2) is 35.3 Å². The van der Waals surface area contributed by atoms with Gasteiger partial charge >= 0.3 is 12.0 Å². The molecule has 0 unspecified atom stereocenters. The summed E-state index contributed by atoms with van der Waals surface area (Å²) in [6, 6.07) is 18.5. The summed E-state index contributed by atoms with van der Waals surface area (Å²) in [6.45, 7) is 0.110. The largest absolute Gasteiger partial charge is 0.515 e. The molecule has 7 heteroatoms. The van der Waals surface area contributed by atoms with Gasteiger partial charge in [0.25, 0.3) is 0 Å². The number of hydrogen-bond donors (Lipinski definition) is 1. The molecule has 0 saturated carbocycles. The number of aromatic nitrogens is 2. The number of esters is 1. The number of carbonyl (C=O) groups excluding carboxylic acids is 1. The highest BCUT2D eigenvalue weighted by atomic mass is 16.5. The number of carbonyl (C=O) groups is 1. The van der Waals surface area contributed by atoms with Gasteiger partial charge in [-0.15, -0.1) is 0 Å². The van der Waals surface area contributed by atoms with Gasteiger partial charge in [-0.05, 0) is 11.1 Å². The van der Waals surface area contributed by atoms with E-state index in [9.17, 15) is 9.90 Å². The zero-order chi connectivity index (χ0) is 20.6. The molecule has 1 N–H and O–H groups in total. The number of aliphatic hydroxyl groups excluding tert-OH is 1. The van der Waals surface area contributed by atoms with E-state index >= 15 is 0 Å². The van der Waals surface area contributed by atoms with E-state index in [1.165, 1.54) is 14.2 Å². The van der Waals surface area contributed by atoms with Gasteiger partial charge in [0.05, 0.1) is 26.2 Å². The Balaban J connectivity index is 1.88. The van der Waals surface area contributed by atoms with Crippen molar-refractivity contribution < 1.29 is 24.1 Å². The van der Waals surface area contributed by atoms with Crippen LogP contribution in [0.3, 0.4) is 0 Å². The molecule has 0 fully saturated rings. The molecule has 148 valence electrons. The Morgan fingerprint density at radius 2 is 1.76 bits per heavy atom. The SMILES string of the molecule is COC(=O)/C(=C/O)c1ccccc1COc1cc(-c2ccccc2)nc(OC)n1. The van der Waals surface area contributed by atoms with Gasteiger partial charge in [0.15, 0.2) is 0 Å². The summed E-state index contributed by atoms with van der Waals surface area (Å²) in [4.78, 5) is 20.5. The second-order valence-electron chi connectivity index (χ2n) is 5.92. The van der Waals surface area contributed by atoms with Crippen LogP contribution in [0.1, 0.15) is 11.1 Å². The average molecular weight is 392 g/mol. The first kappa shape index (κ1) is 19.9. The van der Waals surface area contributed by atoms with Crippen molar-refractivity contribution in [3.05, 3.63) is 78.1 Å². The molecular formula is C22H20N2O5. The number of rotatable bonds is 7. The first-order chi connectivity index (χ1) is 14.2. The highest BCUT2D eigenvalue weighted by Gasteiger charge is 2.17. The molecule has 2 aromatic carbocycles. The summed E-state index contributed by atoms with van der Waals surface area (Å²) >= 11 is 0. The van der Waals surface area contributed by atoms with Crippen molar-refractivity contribution in [3.8, 4) is 23.1 Å². The summed E-state index contributed by atoms with van der Waals surface area (Å²) in [5, 5.41) is 9.48. The minimum Gasteiger partial charge on any atom is -0.515 e. The van der Waals surface area contributed by atoms with Gasteiger partial charge in [-0.1, -0.05) is 54.6 Å². The highest BCUT2D eigenvalue weighted by Crippen LogP contribution is 2.25. The molecule has 3 aromatic rings. The predicted molar refractivity (Wildman–Crippen MR) is 107 cm³/mol. The van der Waals surface area contributed by atoms with Gasteiger partial charge in [-0.2, -0.15) is 9.97 Å². The molecule has 0 saturated heterocycles. The molecule has 0 spiro atoms. The Morgan fingerprint density at radius 1 is 1.03 bits per heavy atom. The van der Waals surface area contributed by atoms with Crippen molar-refractivity contribution in [1.82, 2.24) is 9.97 Å². The fraction of sp³-hybridized carbons (Fsp3) is 0.136. The topological polar surface area (TPSA) is 90.8 Å². The summed E-state index contributed by atoms with van der Waals surface area (Å²) in [6.07, 6.45) is 0.728. The molecule has 0 aliphatic heterocycles. The quantitative estimate of drug-likeness (QED) is 0.371. The van der Waals surface area contributed by atoms with Crippen LogP contribution in [0.4, 0.5) is 0 Å². The van der Waals surface area contributed by atoms with Crippen molar-refractivity contribution in [1.29, 1.82) is 0 Å². The standard InChI is InChI=1S/C22H20N2O5/c1-27-21(26)18(13-25)17-11-7-6-10-16(17)14-29-20-12-19(23-22(24-20)28-2)15-8-4-3-5-9-15/h3-13,25H,14H2,1-2H3/b18-13+. The molecule has 1 aromatic heterocycles. The van der Waals surface area contributed by atoms with E-state index in [1.54, 1.807) is 24.3 Å². The lowest BCUT2D eigenvalue weighted by atomic mass is 10.0. The van der Waals surface area contributed by atoms with Gasteiger partial charge in [0, 0.05) is 11.6 Å². The number of benzene rings is 2. The summed E-state index contributed by atoms with van der Waals surface area (Å²) in [7, 11) is 2.74. The van der Waals surface area contributed by atoms with Crippen LogP contribution in [-0.2, 0) is 16.1 Å². The van der Waals surface area contributed by atoms with Crippen molar-refractivity contribution in [3.63, 3.8) is 0 Å². The monoisotopic (exact) mass is 392 g/mol. The second kappa shape index (κ2) is 9.36. The Bertz CT molecular complexity index is 1020. The smallest absolute Gasteiger partial charge is 0.341 e. The number of aliphatic hydroxyl groups is 1. The number of methoxy groups -OCH3 is 2. The van der Waals surface area contributed by atoms with Crippen LogP contribution in [0.25, 0.3) is 16.8 Å². The first-order valence-electron chi connectivity index (χ1n) is 8.78. The lowest BCUT2D eigenvalue weighted by Crippen LogP contribution is -2.08. The molecule has 7 nitrogen and oxygen atoms in total. The molecular weight excluding hydrogens is 372 g/mol. The third-order valence-electron chi connectivity index (χ3n) is 4.15. The third kappa shape index (κ3) is 4.70. The summed E-state index contributed by atoms with van der Waals surface area (Å²) in [5.41, 5.74) is 2.78. The maximum Gasteiger partial charge on any atom is 0.341 e. The van der Waals surface area contributed by atoms with Crippen LogP contribution in [0.5, 0.6) is 11.9 Å². The van der Waals surface area contributed by atoms with E-state index in [0.717, 1.165) is 11.8 Å². The maximum absolute atomic E-state index is 11.9. The fourth-order valence-electron chi connectivity index (χ4n) is 2.73. The Labute approximate surface area is 168 Å². The van der Waals surface area contributed by atoms with Crippen LogP contribution >= 0.6 is 0 Å². The van der Waals surface area contributed by atoms with Crippen LogP contribution < -0.4 is 9.47 Å². The second-order valence-corrected chi connectivity index (χ2v) is 5.92. The molecule has 3 rings (SSSR count). The van der Waals surface area contributed by atoms with Gasteiger partial charge in [0.1, 0.15) is 12.2 Å². The predicted octanol–water partition coefficient (Wildman–Crippen LogP) is 3.80. The lowest BCUT2D eigenvalue weighted by molar-refractivity contribution is -0.133. The zero-order valence-electron chi connectivity index (χ0n) is 16.0. The lowest BCUT2D eigenvalue weighted by Gasteiger charge is -2.13. The maximum atomic E-state index is 11.9. The summed E-state index contributed by atoms with van der Waals surface area (Å²) < 4.78 is 15.8.